The van der Waals surface area contributed by atoms with Gasteiger partial charge in [-0.2, -0.15) is 10.1 Å². The Morgan fingerprint density at radius 2 is 1.90 bits per heavy atom. The molecule has 1 aromatic rings. The molecule has 2 saturated carbocycles. The Hall–Kier alpha value is -3.47. The SMILES string of the molecule is C#CCOc1ccc([N+](=O)[O-])cc1/C=N\N1C(=O)[C@@H]2[C@H]3C=C[C@@H]([C@@H]4C[C@H]34)[C@@H]2C1=O. The van der Waals surface area contributed by atoms with Crippen molar-refractivity contribution in [2.75, 3.05) is 6.61 Å². The number of hydrogen-bond donors (Lipinski definition) is 0. The number of ether oxygens (including phenoxy) is 1. The zero-order valence-electron chi connectivity index (χ0n) is 15.3. The normalized spacial score (nSPS) is 33.6. The fourth-order valence-electron chi connectivity index (χ4n) is 5.18. The predicted molar refractivity (Wildman–Crippen MR) is 102 cm³/mol. The minimum atomic E-state index is -0.543. The summed E-state index contributed by atoms with van der Waals surface area (Å²) < 4.78 is 5.40. The highest BCUT2D eigenvalue weighted by molar-refractivity contribution is 6.06. The summed E-state index contributed by atoms with van der Waals surface area (Å²) in [6.45, 7) is -0.0256. The maximum atomic E-state index is 12.9. The van der Waals surface area contributed by atoms with Crippen LogP contribution in [0.2, 0.25) is 0 Å². The minimum absolute atomic E-state index is 0.0256. The van der Waals surface area contributed by atoms with Crippen LogP contribution < -0.4 is 4.74 Å². The van der Waals surface area contributed by atoms with E-state index in [0.717, 1.165) is 11.4 Å². The van der Waals surface area contributed by atoms with Crippen molar-refractivity contribution in [1.29, 1.82) is 0 Å². The van der Waals surface area contributed by atoms with Crippen LogP contribution in [0.15, 0.2) is 35.5 Å². The summed E-state index contributed by atoms with van der Waals surface area (Å²) in [5.74, 6) is 2.57. The zero-order valence-corrected chi connectivity index (χ0v) is 15.3. The number of non-ortho nitro benzene ring substituents is 1. The molecule has 1 aromatic carbocycles. The molecule has 3 fully saturated rings. The van der Waals surface area contributed by atoms with Crippen LogP contribution in [0.3, 0.4) is 0 Å². The van der Waals surface area contributed by atoms with Gasteiger partial charge >= 0.3 is 0 Å². The lowest BCUT2D eigenvalue weighted by Gasteiger charge is -2.37. The molecule has 0 N–H and O–H groups in total. The Morgan fingerprint density at radius 1 is 1.24 bits per heavy atom. The number of imide groups is 1. The van der Waals surface area contributed by atoms with Crippen LogP contribution in [0.4, 0.5) is 5.69 Å². The van der Waals surface area contributed by atoms with Crippen molar-refractivity contribution in [1.82, 2.24) is 5.01 Å². The molecule has 2 bridgehead atoms. The summed E-state index contributed by atoms with van der Waals surface area (Å²) in [7, 11) is 0. The molecule has 146 valence electrons. The van der Waals surface area contributed by atoms with Crippen LogP contribution in [0, 0.1) is 58.0 Å². The van der Waals surface area contributed by atoms with Gasteiger partial charge in [0.1, 0.15) is 12.4 Å². The van der Waals surface area contributed by atoms with E-state index < -0.39 is 4.92 Å². The second-order valence-electron chi connectivity index (χ2n) is 7.86. The van der Waals surface area contributed by atoms with E-state index in [1.165, 1.54) is 24.4 Å². The van der Waals surface area contributed by atoms with Gasteiger partial charge in [0.25, 0.3) is 17.5 Å². The highest BCUT2D eigenvalue weighted by Gasteiger charge is 2.67. The molecular formula is C21H17N3O5. The lowest BCUT2D eigenvalue weighted by atomic mass is 9.63. The Bertz CT molecular complexity index is 1000. The fraction of sp³-hybridized carbons (Fsp3) is 0.381. The van der Waals surface area contributed by atoms with E-state index in [0.29, 0.717) is 11.8 Å². The van der Waals surface area contributed by atoms with Gasteiger partial charge in [0, 0.05) is 17.7 Å². The number of rotatable bonds is 5. The molecule has 2 amide bonds. The molecule has 1 saturated heterocycles. The van der Waals surface area contributed by atoms with Crippen LogP contribution >= 0.6 is 0 Å². The Morgan fingerprint density at radius 3 is 2.48 bits per heavy atom. The van der Waals surface area contributed by atoms with E-state index in [2.05, 4.69) is 23.2 Å². The van der Waals surface area contributed by atoms with Crippen molar-refractivity contribution in [2.24, 2.45) is 40.6 Å². The van der Waals surface area contributed by atoms with Crippen LogP contribution in [-0.4, -0.2) is 34.6 Å². The molecule has 8 heteroatoms. The quantitative estimate of drug-likeness (QED) is 0.191. The minimum Gasteiger partial charge on any atom is -0.480 e. The van der Waals surface area contributed by atoms with Gasteiger partial charge in [-0.3, -0.25) is 19.7 Å². The molecule has 1 aliphatic heterocycles. The van der Waals surface area contributed by atoms with Gasteiger partial charge in [0.05, 0.1) is 23.0 Å². The highest BCUT2D eigenvalue weighted by atomic mass is 16.6. The number of nitrogens with zero attached hydrogens (tertiary/aromatic N) is 3. The summed E-state index contributed by atoms with van der Waals surface area (Å²) in [5.41, 5.74) is 0.114. The molecule has 8 nitrogen and oxygen atoms in total. The lowest BCUT2D eigenvalue weighted by molar-refractivity contribution is -0.384. The average molecular weight is 391 g/mol. The fourth-order valence-corrected chi connectivity index (χ4v) is 5.18. The first-order valence-corrected chi connectivity index (χ1v) is 9.46. The number of nitro benzene ring substituents is 1. The summed E-state index contributed by atoms with van der Waals surface area (Å²) >= 11 is 0. The number of carbonyl (C=O) groups is 2. The number of hydrogen-bond acceptors (Lipinski definition) is 6. The first-order chi connectivity index (χ1) is 14.0. The summed E-state index contributed by atoms with van der Waals surface area (Å²) in [5, 5.41) is 16.1. The largest absolute Gasteiger partial charge is 0.480 e. The maximum absolute atomic E-state index is 12.9. The Kier molecular flexibility index (Phi) is 3.81. The number of allylic oxidation sites excluding steroid dienone is 2. The van der Waals surface area contributed by atoms with E-state index >= 15 is 0 Å². The molecule has 0 unspecified atom stereocenters. The third kappa shape index (κ3) is 2.58. The highest BCUT2D eigenvalue weighted by Crippen LogP contribution is 2.65. The molecule has 0 aromatic heterocycles. The monoisotopic (exact) mass is 391 g/mol. The lowest BCUT2D eigenvalue weighted by Crippen LogP contribution is -2.40. The van der Waals surface area contributed by atoms with Gasteiger partial charge in [0.15, 0.2) is 0 Å². The molecule has 1 heterocycles. The number of benzene rings is 1. The molecule has 0 radical (unpaired) electrons. The third-order valence-corrected chi connectivity index (χ3v) is 6.47. The van der Waals surface area contributed by atoms with Gasteiger partial charge in [0.2, 0.25) is 0 Å². The van der Waals surface area contributed by atoms with Crippen LogP contribution in [0.5, 0.6) is 5.75 Å². The molecule has 29 heavy (non-hydrogen) atoms. The molecule has 6 atom stereocenters. The van der Waals surface area contributed by atoms with Gasteiger partial charge in [-0.15, -0.1) is 6.42 Å². The Labute approximate surface area is 166 Å². The van der Waals surface area contributed by atoms with E-state index in [4.69, 9.17) is 11.2 Å². The maximum Gasteiger partial charge on any atom is 0.270 e. The van der Waals surface area contributed by atoms with Crippen molar-refractivity contribution < 1.29 is 19.2 Å². The average Bonchev–Trinajstić information content (AvgIpc) is 3.50. The second-order valence-corrected chi connectivity index (χ2v) is 7.86. The first-order valence-electron chi connectivity index (χ1n) is 9.46. The topological polar surface area (TPSA) is 102 Å². The predicted octanol–water partition coefficient (Wildman–Crippen LogP) is 1.99. The van der Waals surface area contributed by atoms with Crippen molar-refractivity contribution >= 4 is 23.7 Å². The number of nitro groups is 1. The molecule has 5 aliphatic rings. The number of amides is 2. The second kappa shape index (κ2) is 6.27. The number of hydrazone groups is 1. The molecule has 0 spiro atoms. The summed E-state index contributed by atoms with van der Waals surface area (Å²) in [4.78, 5) is 36.4. The summed E-state index contributed by atoms with van der Waals surface area (Å²) in [6, 6.07) is 3.98. The van der Waals surface area contributed by atoms with Crippen LogP contribution in [0.25, 0.3) is 0 Å². The zero-order chi connectivity index (χ0) is 20.3. The van der Waals surface area contributed by atoms with Gasteiger partial charge in [-0.05, 0) is 36.2 Å². The van der Waals surface area contributed by atoms with Gasteiger partial charge < -0.3 is 4.74 Å². The van der Waals surface area contributed by atoms with Gasteiger partial charge in [-0.1, -0.05) is 18.1 Å². The van der Waals surface area contributed by atoms with Crippen molar-refractivity contribution in [3.05, 3.63) is 46.0 Å². The van der Waals surface area contributed by atoms with E-state index in [1.807, 2.05) is 0 Å². The molecule has 6 rings (SSSR count). The summed E-state index contributed by atoms with van der Waals surface area (Å²) in [6.07, 6.45) is 11.7. The van der Waals surface area contributed by atoms with Crippen LogP contribution in [-0.2, 0) is 9.59 Å². The van der Waals surface area contributed by atoms with Crippen molar-refractivity contribution in [2.45, 2.75) is 6.42 Å². The number of carbonyl (C=O) groups excluding carboxylic acids is 2. The van der Waals surface area contributed by atoms with Crippen molar-refractivity contribution in [3.8, 4) is 18.1 Å². The van der Waals surface area contributed by atoms with E-state index in [9.17, 15) is 19.7 Å². The molecule has 4 aliphatic carbocycles. The van der Waals surface area contributed by atoms with E-state index in [-0.39, 0.29) is 59.1 Å². The smallest absolute Gasteiger partial charge is 0.270 e. The number of terminal acetylenes is 1. The third-order valence-electron chi connectivity index (χ3n) is 6.47. The first kappa shape index (κ1) is 17.6. The molecular weight excluding hydrogens is 374 g/mol. The van der Waals surface area contributed by atoms with Crippen LogP contribution in [0.1, 0.15) is 12.0 Å². The standard InChI is InChI=1S/C21H17N3O5/c1-2-7-29-17-6-3-12(24(27)28)8-11(17)10-22-23-20(25)18-13-4-5-14(16-9-15(13)16)19(18)21(23)26/h1,3-6,8,10,13-16,18-19H,7,9H2/b22-10-/t13-,14-,15-,16+,18-,19+/m0/s1. The van der Waals surface area contributed by atoms with E-state index in [1.54, 1.807) is 0 Å². The van der Waals surface area contributed by atoms with Crippen molar-refractivity contribution in [3.63, 3.8) is 0 Å². The van der Waals surface area contributed by atoms with Gasteiger partial charge in [-0.25, -0.2) is 0 Å². The Balaban J connectivity index is 1.44.